The predicted octanol–water partition coefficient (Wildman–Crippen LogP) is 2.62. The van der Waals surface area contributed by atoms with Crippen molar-refractivity contribution in [3.8, 4) is 11.5 Å². The van der Waals surface area contributed by atoms with Gasteiger partial charge in [0.2, 0.25) is 11.8 Å². The van der Waals surface area contributed by atoms with Crippen molar-refractivity contribution < 1.29 is 12.8 Å². The van der Waals surface area contributed by atoms with Crippen LogP contribution in [0.25, 0.3) is 11.5 Å². The fourth-order valence-corrected chi connectivity index (χ4v) is 4.18. The van der Waals surface area contributed by atoms with Crippen LogP contribution in [0.2, 0.25) is 0 Å². The summed E-state index contributed by atoms with van der Waals surface area (Å²) in [6.07, 6.45) is 0. The fraction of sp³-hybridized carbons (Fsp3) is 0.143. The highest BCUT2D eigenvalue weighted by molar-refractivity contribution is 7.91. The van der Waals surface area contributed by atoms with E-state index in [1.807, 2.05) is 30.3 Å². The average molecular weight is 335 g/mol. The molecule has 0 fully saturated rings. The highest BCUT2D eigenvalue weighted by atomic mass is 32.2. The van der Waals surface area contributed by atoms with Gasteiger partial charge in [-0.1, -0.05) is 24.3 Å². The summed E-state index contributed by atoms with van der Waals surface area (Å²) >= 11 is 1.17. The third-order valence-electron chi connectivity index (χ3n) is 3.01. The molecule has 22 heavy (non-hydrogen) atoms. The van der Waals surface area contributed by atoms with E-state index >= 15 is 0 Å². The van der Waals surface area contributed by atoms with Gasteiger partial charge in [-0.2, -0.15) is 4.31 Å². The maximum Gasteiger partial charge on any atom is 0.252 e. The Hall–Kier alpha value is -2.03. The number of benzene rings is 1. The van der Waals surface area contributed by atoms with Crippen LogP contribution in [0.4, 0.5) is 0 Å². The van der Waals surface area contributed by atoms with Gasteiger partial charge in [-0.15, -0.1) is 21.5 Å². The monoisotopic (exact) mass is 335 g/mol. The maximum atomic E-state index is 12.3. The van der Waals surface area contributed by atoms with Crippen molar-refractivity contribution in [2.24, 2.45) is 0 Å². The molecule has 6 nitrogen and oxygen atoms in total. The lowest BCUT2D eigenvalue weighted by Crippen LogP contribution is -2.25. The van der Waals surface area contributed by atoms with E-state index < -0.39 is 10.0 Å². The summed E-state index contributed by atoms with van der Waals surface area (Å²) in [4.78, 5) is 0. The Balaban J connectivity index is 1.78. The summed E-state index contributed by atoms with van der Waals surface area (Å²) in [5, 5.41) is 9.58. The molecule has 2 heterocycles. The number of sulfonamides is 1. The average Bonchev–Trinajstić information content (AvgIpc) is 3.20. The molecule has 0 unspecified atom stereocenters. The third kappa shape index (κ3) is 2.94. The second kappa shape index (κ2) is 5.99. The number of rotatable bonds is 5. The van der Waals surface area contributed by atoms with Crippen LogP contribution in [0.5, 0.6) is 0 Å². The molecule has 8 heteroatoms. The lowest BCUT2D eigenvalue weighted by Gasteiger charge is -2.13. The molecule has 0 N–H and O–H groups in total. The van der Waals surface area contributed by atoms with Crippen molar-refractivity contribution in [1.29, 1.82) is 0 Å². The van der Waals surface area contributed by atoms with Crippen molar-refractivity contribution >= 4 is 21.4 Å². The molecule has 1 aromatic carbocycles. The lowest BCUT2D eigenvalue weighted by molar-refractivity contribution is 0.400. The molecule has 114 valence electrons. The molecule has 0 spiro atoms. The summed E-state index contributed by atoms with van der Waals surface area (Å²) in [6, 6.07) is 12.6. The van der Waals surface area contributed by atoms with E-state index in [1.165, 1.54) is 22.7 Å². The van der Waals surface area contributed by atoms with Crippen LogP contribution in [0.15, 0.2) is 56.5 Å². The van der Waals surface area contributed by atoms with Crippen molar-refractivity contribution in [2.45, 2.75) is 10.8 Å². The van der Waals surface area contributed by atoms with Crippen molar-refractivity contribution in [3.05, 3.63) is 53.7 Å². The summed E-state index contributed by atoms with van der Waals surface area (Å²) in [5.41, 5.74) is 0.796. The topological polar surface area (TPSA) is 76.3 Å². The summed E-state index contributed by atoms with van der Waals surface area (Å²) in [7, 11) is -2.04. The van der Waals surface area contributed by atoms with Crippen LogP contribution >= 0.6 is 11.3 Å². The molecule has 0 aliphatic rings. The van der Waals surface area contributed by atoms with Crippen LogP contribution in [0.1, 0.15) is 5.89 Å². The first kappa shape index (κ1) is 14.9. The predicted molar refractivity (Wildman–Crippen MR) is 82.7 cm³/mol. The molecular formula is C14H13N3O3S2. The van der Waals surface area contributed by atoms with Gasteiger partial charge in [0.25, 0.3) is 10.0 Å². The standard InChI is InChI=1S/C14H13N3O3S2/c1-17(22(18,19)13-8-5-9-21-13)10-12-15-16-14(20-12)11-6-3-2-4-7-11/h2-9H,10H2,1H3. The van der Waals surface area contributed by atoms with Gasteiger partial charge in [-0.25, -0.2) is 8.42 Å². The molecule has 3 aromatic rings. The molecule has 0 amide bonds. The third-order valence-corrected chi connectivity index (χ3v) is 6.18. The molecule has 2 aromatic heterocycles. The van der Waals surface area contributed by atoms with E-state index in [-0.39, 0.29) is 16.6 Å². The minimum atomic E-state index is -3.53. The van der Waals surface area contributed by atoms with Gasteiger partial charge >= 0.3 is 0 Å². The number of hydrogen-bond acceptors (Lipinski definition) is 6. The normalized spacial score (nSPS) is 11.9. The smallest absolute Gasteiger partial charge is 0.252 e. The second-order valence-electron chi connectivity index (χ2n) is 4.56. The Labute approximate surface area is 132 Å². The van der Waals surface area contributed by atoms with Crippen molar-refractivity contribution in [2.75, 3.05) is 7.05 Å². The molecule has 0 aliphatic carbocycles. The molecular weight excluding hydrogens is 322 g/mol. The highest BCUT2D eigenvalue weighted by Crippen LogP contribution is 2.22. The quantitative estimate of drug-likeness (QED) is 0.716. The summed E-state index contributed by atoms with van der Waals surface area (Å²) < 4.78 is 31.7. The van der Waals surface area contributed by atoms with Gasteiger partial charge in [0.1, 0.15) is 4.21 Å². The van der Waals surface area contributed by atoms with Crippen molar-refractivity contribution in [1.82, 2.24) is 14.5 Å². The van der Waals surface area contributed by atoms with Crippen LogP contribution < -0.4 is 0 Å². The van der Waals surface area contributed by atoms with E-state index in [0.717, 1.165) is 5.56 Å². The van der Waals surface area contributed by atoms with E-state index in [0.29, 0.717) is 5.89 Å². The highest BCUT2D eigenvalue weighted by Gasteiger charge is 2.23. The Morgan fingerprint density at radius 1 is 1.14 bits per heavy atom. The van der Waals surface area contributed by atoms with Crippen LogP contribution in [-0.2, 0) is 16.6 Å². The van der Waals surface area contributed by atoms with E-state index in [9.17, 15) is 8.42 Å². The van der Waals surface area contributed by atoms with Gasteiger partial charge in [-0.05, 0) is 23.6 Å². The lowest BCUT2D eigenvalue weighted by atomic mass is 10.2. The van der Waals surface area contributed by atoms with Crippen LogP contribution in [0, 0.1) is 0 Å². The summed E-state index contributed by atoms with van der Waals surface area (Å²) in [6.45, 7) is 0.0278. The Bertz CT molecular complexity index is 843. The first-order chi connectivity index (χ1) is 10.6. The Morgan fingerprint density at radius 3 is 2.59 bits per heavy atom. The van der Waals surface area contributed by atoms with Crippen LogP contribution in [-0.4, -0.2) is 30.0 Å². The molecule has 0 saturated heterocycles. The van der Waals surface area contributed by atoms with Gasteiger partial charge in [0.15, 0.2) is 0 Å². The Morgan fingerprint density at radius 2 is 1.91 bits per heavy atom. The first-order valence-electron chi connectivity index (χ1n) is 6.45. The van der Waals surface area contributed by atoms with Gasteiger partial charge in [0, 0.05) is 12.6 Å². The first-order valence-corrected chi connectivity index (χ1v) is 8.77. The molecule has 3 rings (SSSR count). The summed E-state index contributed by atoms with van der Waals surface area (Å²) in [5.74, 6) is 0.624. The minimum absolute atomic E-state index is 0.0278. The zero-order chi connectivity index (χ0) is 15.6. The van der Waals surface area contributed by atoms with Crippen LogP contribution in [0.3, 0.4) is 0 Å². The second-order valence-corrected chi connectivity index (χ2v) is 7.78. The number of aromatic nitrogens is 2. The SMILES string of the molecule is CN(Cc1nnc(-c2ccccc2)o1)S(=O)(=O)c1cccs1. The number of hydrogen-bond donors (Lipinski definition) is 0. The number of nitrogens with zero attached hydrogens (tertiary/aromatic N) is 3. The van der Waals surface area contributed by atoms with E-state index in [2.05, 4.69) is 10.2 Å². The Kier molecular flexibility index (Phi) is 4.06. The van der Waals surface area contributed by atoms with E-state index in [4.69, 9.17) is 4.42 Å². The number of thiophene rings is 1. The van der Waals surface area contributed by atoms with E-state index in [1.54, 1.807) is 17.5 Å². The molecule has 0 bridgehead atoms. The molecule has 0 aliphatic heterocycles. The van der Waals surface area contributed by atoms with Gasteiger partial charge < -0.3 is 4.42 Å². The van der Waals surface area contributed by atoms with Gasteiger partial charge in [0.05, 0.1) is 6.54 Å². The molecule has 0 saturated carbocycles. The largest absolute Gasteiger partial charge is 0.419 e. The van der Waals surface area contributed by atoms with Gasteiger partial charge in [-0.3, -0.25) is 0 Å². The fourth-order valence-electron chi connectivity index (χ4n) is 1.85. The molecule has 0 atom stereocenters. The molecule has 0 radical (unpaired) electrons. The zero-order valence-electron chi connectivity index (χ0n) is 11.7. The zero-order valence-corrected chi connectivity index (χ0v) is 13.3. The maximum absolute atomic E-state index is 12.3. The minimum Gasteiger partial charge on any atom is -0.419 e. The van der Waals surface area contributed by atoms with Crippen molar-refractivity contribution in [3.63, 3.8) is 0 Å².